The fourth-order valence-corrected chi connectivity index (χ4v) is 7.21. The summed E-state index contributed by atoms with van der Waals surface area (Å²) in [4.78, 5) is 40.6. The van der Waals surface area contributed by atoms with E-state index >= 15 is 0 Å². The molecule has 4 amide bonds. The minimum atomic E-state index is -0.367. The van der Waals surface area contributed by atoms with Crippen LogP contribution in [0.4, 0.5) is 4.79 Å². The number of nitrogens with zero attached hydrogens (tertiary/aromatic N) is 1. The second-order valence-electron chi connectivity index (χ2n) is 11.7. The molecule has 2 saturated carbocycles. The molecule has 7 nitrogen and oxygen atoms in total. The summed E-state index contributed by atoms with van der Waals surface area (Å²) in [6.07, 6.45) is 8.66. The zero-order valence-corrected chi connectivity index (χ0v) is 20.9. The highest BCUT2D eigenvalue weighted by Crippen LogP contribution is 2.43. The Labute approximate surface area is 199 Å². The second kappa shape index (κ2) is 10.3. The van der Waals surface area contributed by atoms with Gasteiger partial charge in [-0.05, 0) is 75.5 Å². The summed E-state index contributed by atoms with van der Waals surface area (Å²) in [6.45, 7) is 7.62. The summed E-state index contributed by atoms with van der Waals surface area (Å²) in [7, 11) is 1.98. The molecule has 2 heterocycles. The first-order valence-electron chi connectivity index (χ1n) is 13.3. The van der Waals surface area contributed by atoms with E-state index in [0.717, 1.165) is 57.9 Å². The SMILES string of the molecule is CC1CCCC(C(=O)NC(=O)NC2CCC(C)C(C3CC4CNC(C)CC4N(C)C3=O)C2)C1. The molecule has 0 aromatic carbocycles. The topological polar surface area (TPSA) is 90.5 Å². The number of nitrogens with one attached hydrogen (secondary N) is 3. The lowest BCUT2D eigenvalue weighted by atomic mass is 9.65. The first-order chi connectivity index (χ1) is 15.7. The molecule has 9 unspecified atom stereocenters. The van der Waals surface area contributed by atoms with Crippen molar-refractivity contribution in [3.63, 3.8) is 0 Å². The second-order valence-corrected chi connectivity index (χ2v) is 11.7. The lowest BCUT2D eigenvalue weighted by molar-refractivity contribution is -0.148. The van der Waals surface area contributed by atoms with Gasteiger partial charge in [-0.1, -0.05) is 26.7 Å². The summed E-state index contributed by atoms with van der Waals surface area (Å²) in [5, 5.41) is 9.28. The predicted molar refractivity (Wildman–Crippen MR) is 128 cm³/mol. The van der Waals surface area contributed by atoms with Crippen LogP contribution >= 0.6 is 0 Å². The summed E-state index contributed by atoms with van der Waals surface area (Å²) in [6, 6.07) is 0.453. The van der Waals surface area contributed by atoms with Crippen LogP contribution in [0.15, 0.2) is 0 Å². The van der Waals surface area contributed by atoms with Crippen molar-refractivity contribution in [2.24, 2.45) is 35.5 Å². The molecule has 2 saturated heterocycles. The number of hydrogen-bond acceptors (Lipinski definition) is 4. The first kappa shape index (κ1) is 24.5. The van der Waals surface area contributed by atoms with Gasteiger partial charge in [-0.3, -0.25) is 14.9 Å². The molecule has 2 aliphatic carbocycles. The number of likely N-dealkylation sites (tertiary alicyclic amines) is 1. The molecule has 0 radical (unpaired) electrons. The van der Waals surface area contributed by atoms with Gasteiger partial charge in [0.15, 0.2) is 0 Å². The number of urea groups is 1. The monoisotopic (exact) mass is 460 g/mol. The van der Waals surface area contributed by atoms with E-state index in [9.17, 15) is 14.4 Å². The smallest absolute Gasteiger partial charge is 0.321 e. The fourth-order valence-electron chi connectivity index (χ4n) is 7.21. The number of carbonyl (C=O) groups excluding carboxylic acids is 3. The molecule has 186 valence electrons. The number of amides is 4. The van der Waals surface area contributed by atoms with Crippen molar-refractivity contribution in [2.75, 3.05) is 13.6 Å². The Morgan fingerprint density at radius 3 is 2.55 bits per heavy atom. The lowest BCUT2D eigenvalue weighted by Gasteiger charge is -2.50. The molecule has 4 aliphatic rings. The molecule has 4 fully saturated rings. The van der Waals surface area contributed by atoms with E-state index in [2.05, 4.69) is 36.7 Å². The molecule has 0 aromatic rings. The van der Waals surface area contributed by atoms with E-state index in [1.54, 1.807) is 0 Å². The largest absolute Gasteiger partial charge is 0.342 e. The van der Waals surface area contributed by atoms with Crippen LogP contribution in [-0.4, -0.2) is 54.5 Å². The highest BCUT2D eigenvalue weighted by atomic mass is 16.2. The fraction of sp³-hybridized carbons (Fsp3) is 0.885. The average Bonchev–Trinajstić information content (AvgIpc) is 2.78. The molecule has 7 heteroatoms. The maximum atomic E-state index is 13.4. The lowest BCUT2D eigenvalue weighted by Crippen LogP contribution is -2.60. The Bertz CT molecular complexity index is 743. The third-order valence-corrected chi connectivity index (χ3v) is 9.24. The van der Waals surface area contributed by atoms with Gasteiger partial charge in [-0.25, -0.2) is 4.79 Å². The maximum absolute atomic E-state index is 13.4. The molecule has 0 aromatic heterocycles. The molecule has 2 aliphatic heterocycles. The average molecular weight is 461 g/mol. The summed E-state index contributed by atoms with van der Waals surface area (Å²) >= 11 is 0. The van der Waals surface area contributed by atoms with Crippen LogP contribution in [0.25, 0.3) is 0 Å². The Kier molecular flexibility index (Phi) is 7.66. The zero-order chi connectivity index (χ0) is 23.7. The molecule has 0 spiro atoms. The van der Waals surface area contributed by atoms with Crippen LogP contribution in [0.5, 0.6) is 0 Å². The molecular formula is C26H44N4O3. The quantitative estimate of drug-likeness (QED) is 0.603. The number of carbonyl (C=O) groups is 3. The van der Waals surface area contributed by atoms with E-state index in [1.165, 1.54) is 6.42 Å². The maximum Gasteiger partial charge on any atom is 0.321 e. The third-order valence-electron chi connectivity index (χ3n) is 9.24. The van der Waals surface area contributed by atoms with Gasteiger partial charge in [0.05, 0.1) is 0 Å². The summed E-state index contributed by atoms with van der Waals surface area (Å²) in [5.74, 6) is 1.93. The van der Waals surface area contributed by atoms with Crippen LogP contribution in [-0.2, 0) is 9.59 Å². The van der Waals surface area contributed by atoms with E-state index in [0.29, 0.717) is 29.8 Å². The minimum Gasteiger partial charge on any atom is -0.342 e. The number of rotatable bonds is 3. The van der Waals surface area contributed by atoms with Crippen molar-refractivity contribution in [3.05, 3.63) is 0 Å². The first-order valence-corrected chi connectivity index (χ1v) is 13.3. The van der Waals surface area contributed by atoms with E-state index in [4.69, 9.17) is 0 Å². The highest BCUT2D eigenvalue weighted by Gasteiger charge is 2.47. The van der Waals surface area contributed by atoms with Gasteiger partial charge < -0.3 is 15.5 Å². The van der Waals surface area contributed by atoms with Crippen molar-refractivity contribution in [1.82, 2.24) is 20.9 Å². The van der Waals surface area contributed by atoms with Gasteiger partial charge in [-0.15, -0.1) is 0 Å². The van der Waals surface area contributed by atoms with Crippen molar-refractivity contribution in [3.8, 4) is 0 Å². The Morgan fingerprint density at radius 1 is 1.00 bits per heavy atom. The predicted octanol–water partition coefficient (Wildman–Crippen LogP) is 3.29. The molecule has 4 rings (SSSR count). The standard InChI is InChI=1S/C26H44N4O3/c1-15-6-5-7-18(10-15)24(31)29-26(33)28-20-9-8-16(2)21(13-20)22-12-19-14-27-17(3)11-23(19)30(4)25(22)32/h15-23,27H,5-14H2,1-4H3,(H2,28,29,31,33). The van der Waals surface area contributed by atoms with Crippen LogP contribution in [0.1, 0.15) is 78.6 Å². The van der Waals surface area contributed by atoms with Gasteiger partial charge in [-0.2, -0.15) is 0 Å². The highest BCUT2D eigenvalue weighted by molar-refractivity contribution is 5.95. The van der Waals surface area contributed by atoms with Gasteiger partial charge in [0, 0.05) is 43.6 Å². The van der Waals surface area contributed by atoms with Crippen molar-refractivity contribution < 1.29 is 14.4 Å². The Balaban J connectivity index is 1.33. The van der Waals surface area contributed by atoms with Crippen LogP contribution in [0.3, 0.4) is 0 Å². The van der Waals surface area contributed by atoms with Crippen LogP contribution in [0, 0.1) is 35.5 Å². The normalized spacial score (nSPS) is 41.8. The number of imide groups is 1. The minimum absolute atomic E-state index is 0.0182. The molecule has 0 bridgehead atoms. The Morgan fingerprint density at radius 2 is 1.79 bits per heavy atom. The molecular weight excluding hydrogens is 416 g/mol. The van der Waals surface area contributed by atoms with Gasteiger partial charge >= 0.3 is 6.03 Å². The van der Waals surface area contributed by atoms with Crippen molar-refractivity contribution in [2.45, 2.75) is 96.7 Å². The van der Waals surface area contributed by atoms with Gasteiger partial charge in [0.2, 0.25) is 11.8 Å². The van der Waals surface area contributed by atoms with E-state index in [-0.39, 0.29) is 41.6 Å². The van der Waals surface area contributed by atoms with Gasteiger partial charge in [0.25, 0.3) is 0 Å². The Hall–Kier alpha value is -1.63. The summed E-state index contributed by atoms with van der Waals surface area (Å²) in [5.41, 5.74) is 0. The molecule has 33 heavy (non-hydrogen) atoms. The van der Waals surface area contributed by atoms with Crippen molar-refractivity contribution in [1.29, 1.82) is 0 Å². The molecule has 9 atom stereocenters. The third kappa shape index (κ3) is 5.55. The van der Waals surface area contributed by atoms with E-state index in [1.807, 2.05) is 11.9 Å². The van der Waals surface area contributed by atoms with Crippen molar-refractivity contribution >= 4 is 17.8 Å². The van der Waals surface area contributed by atoms with Crippen LogP contribution in [0.2, 0.25) is 0 Å². The van der Waals surface area contributed by atoms with Gasteiger partial charge in [0.1, 0.15) is 0 Å². The molecule has 3 N–H and O–H groups in total. The summed E-state index contributed by atoms with van der Waals surface area (Å²) < 4.78 is 0. The zero-order valence-electron chi connectivity index (χ0n) is 20.9. The number of hydrogen-bond donors (Lipinski definition) is 3. The van der Waals surface area contributed by atoms with E-state index < -0.39 is 0 Å². The number of fused-ring (bicyclic) bond motifs is 1. The number of piperidine rings is 2. The van der Waals surface area contributed by atoms with Crippen LogP contribution < -0.4 is 16.0 Å².